The van der Waals surface area contributed by atoms with E-state index in [1.807, 2.05) is 30.2 Å². The highest BCUT2D eigenvalue weighted by molar-refractivity contribution is 5.95. The molecule has 0 atom stereocenters. The van der Waals surface area contributed by atoms with E-state index in [0.717, 1.165) is 88.0 Å². The summed E-state index contributed by atoms with van der Waals surface area (Å²) >= 11 is 0. The monoisotopic (exact) mass is 516 g/mol. The van der Waals surface area contributed by atoms with Crippen LogP contribution in [-0.2, 0) is 23.1 Å². The number of amides is 1. The molecule has 6 rings (SSSR count). The fourth-order valence-corrected chi connectivity index (χ4v) is 6.40. The van der Waals surface area contributed by atoms with E-state index >= 15 is 0 Å². The Bertz CT molecular complexity index is 1250. The quantitative estimate of drug-likeness (QED) is 0.522. The van der Waals surface area contributed by atoms with Gasteiger partial charge in [-0.3, -0.25) is 14.4 Å². The summed E-state index contributed by atoms with van der Waals surface area (Å²) in [6.07, 6.45) is 11.8. The summed E-state index contributed by atoms with van der Waals surface area (Å²) in [5.74, 6) is 0.768. The first-order valence-corrected chi connectivity index (χ1v) is 14.4. The van der Waals surface area contributed by atoms with E-state index in [1.54, 1.807) is 0 Å². The van der Waals surface area contributed by atoms with Crippen molar-refractivity contribution >= 4 is 22.5 Å². The van der Waals surface area contributed by atoms with Crippen molar-refractivity contribution in [2.24, 2.45) is 13.0 Å². The third kappa shape index (κ3) is 5.63. The van der Waals surface area contributed by atoms with Crippen LogP contribution in [0.2, 0.25) is 0 Å². The molecule has 38 heavy (non-hydrogen) atoms. The number of likely N-dealkylation sites (tertiary alicyclic amines) is 2. The molecule has 0 bridgehead atoms. The number of nitrogens with one attached hydrogen (secondary N) is 1. The molecule has 3 aliphatic heterocycles. The van der Waals surface area contributed by atoms with Gasteiger partial charge in [0.05, 0.1) is 11.9 Å². The molecule has 1 amide bonds. The average molecular weight is 517 g/mol. The molecule has 0 aliphatic carbocycles. The van der Waals surface area contributed by atoms with Crippen molar-refractivity contribution in [2.45, 2.75) is 57.5 Å². The van der Waals surface area contributed by atoms with Crippen LogP contribution in [0.5, 0.6) is 0 Å². The van der Waals surface area contributed by atoms with Crippen molar-refractivity contribution in [3.63, 3.8) is 0 Å². The highest BCUT2D eigenvalue weighted by Crippen LogP contribution is 2.30. The smallest absolute Gasteiger partial charge is 0.228 e. The van der Waals surface area contributed by atoms with E-state index in [0.29, 0.717) is 11.9 Å². The molecule has 1 aromatic carbocycles. The number of hydrogen-bond acceptors (Lipinski definition) is 6. The molecule has 5 heterocycles. The fraction of sp³-hybridized carbons (Fsp3) is 0.567. The number of benzene rings is 1. The van der Waals surface area contributed by atoms with Gasteiger partial charge in [0.1, 0.15) is 5.82 Å². The number of fused-ring (bicyclic) bond motifs is 1. The lowest BCUT2D eigenvalue weighted by Gasteiger charge is -2.38. The van der Waals surface area contributed by atoms with Crippen molar-refractivity contribution < 1.29 is 9.53 Å². The van der Waals surface area contributed by atoms with Gasteiger partial charge in [0.15, 0.2) is 0 Å². The molecule has 2 aromatic heterocycles. The van der Waals surface area contributed by atoms with Gasteiger partial charge in [0.25, 0.3) is 0 Å². The number of piperidine rings is 2. The van der Waals surface area contributed by atoms with Gasteiger partial charge < -0.3 is 15.0 Å². The number of carbonyl (C=O) groups excluding carboxylic acids is 1. The van der Waals surface area contributed by atoms with E-state index in [9.17, 15) is 4.79 Å². The molecular weight excluding hydrogens is 476 g/mol. The maximum Gasteiger partial charge on any atom is 0.228 e. The summed E-state index contributed by atoms with van der Waals surface area (Å²) in [4.78, 5) is 22.8. The van der Waals surface area contributed by atoms with Crippen molar-refractivity contribution in [3.8, 4) is 11.1 Å². The summed E-state index contributed by atoms with van der Waals surface area (Å²) in [5, 5.41) is 9.85. The normalized spacial score (nSPS) is 20.7. The SMILES string of the molecule is Cn1ncc(-c2ccc3cnc(NC(=O)C4CCN(C5CCOCC5)CC4)cc3c2)c1CN1CCCCC1. The van der Waals surface area contributed by atoms with E-state index in [4.69, 9.17) is 4.74 Å². The van der Waals surface area contributed by atoms with Crippen LogP contribution in [0.1, 0.15) is 50.6 Å². The molecule has 0 spiro atoms. The van der Waals surface area contributed by atoms with Crippen LogP contribution in [0.4, 0.5) is 5.82 Å². The number of carbonyl (C=O) groups is 1. The first-order valence-electron chi connectivity index (χ1n) is 14.4. The summed E-state index contributed by atoms with van der Waals surface area (Å²) in [7, 11) is 2.04. The maximum atomic E-state index is 13.1. The fourth-order valence-electron chi connectivity index (χ4n) is 6.40. The molecule has 8 heteroatoms. The molecule has 3 aliphatic rings. The number of rotatable bonds is 6. The third-order valence-corrected chi connectivity index (χ3v) is 8.78. The van der Waals surface area contributed by atoms with Crippen LogP contribution in [0, 0.1) is 5.92 Å². The Morgan fingerprint density at radius 2 is 1.76 bits per heavy atom. The number of pyridine rings is 1. The summed E-state index contributed by atoms with van der Waals surface area (Å²) in [5.41, 5.74) is 3.58. The molecule has 3 saturated heterocycles. The zero-order valence-electron chi connectivity index (χ0n) is 22.6. The predicted molar refractivity (Wildman–Crippen MR) is 150 cm³/mol. The zero-order valence-corrected chi connectivity index (χ0v) is 22.6. The predicted octanol–water partition coefficient (Wildman–Crippen LogP) is 4.45. The van der Waals surface area contributed by atoms with Gasteiger partial charge in [-0.2, -0.15) is 5.10 Å². The van der Waals surface area contributed by atoms with Gasteiger partial charge in [-0.1, -0.05) is 18.6 Å². The Balaban J connectivity index is 1.13. The van der Waals surface area contributed by atoms with Crippen LogP contribution < -0.4 is 5.32 Å². The minimum absolute atomic E-state index is 0.0441. The highest BCUT2D eigenvalue weighted by atomic mass is 16.5. The second kappa shape index (κ2) is 11.5. The lowest BCUT2D eigenvalue weighted by atomic mass is 9.93. The summed E-state index contributed by atoms with van der Waals surface area (Å²) in [6.45, 7) is 6.94. The molecule has 3 aromatic rings. The van der Waals surface area contributed by atoms with Gasteiger partial charge in [-0.25, -0.2) is 4.98 Å². The Hall–Kier alpha value is -2.81. The van der Waals surface area contributed by atoms with Crippen LogP contribution in [-0.4, -0.2) is 75.9 Å². The summed E-state index contributed by atoms with van der Waals surface area (Å²) < 4.78 is 7.53. The Morgan fingerprint density at radius 1 is 0.974 bits per heavy atom. The average Bonchev–Trinajstić information content (AvgIpc) is 3.33. The minimum Gasteiger partial charge on any atom is -0.381 e. The van der Waals surface area contributed by atoms with Gasteiger partial charge in [0, 0.05) is 55.9 Å². The Kier molecular flexibility index (Phi) is 7.72. The van der Waals surface area contributed by atoms with Crippen LogP contribution in [0.15, 0.2) is 36.7 Å². The molecule has 202 valence electrons. The van der Waals surface area contributed by atoms with Crippen LogP contribution in [0.3, 0.4) is 0 Å². The topological polar surface area (TPSA) is 75.5 Å². The summed E-state index contributed by atoms with van der Waals surface area (Å²) in [6, 6.07) is 9.10. The molecule has 0 saturated carbocycles. The van der Waals surface area contributed by atoms with Crippen molar-refractivity contribution in [3.05, 3.63) is 42.4 Å². The van der Waals surface area contributed by atoms with Crippen molar-refractivity contribution in [1.29, 1.82) is 0 Å². The molecule has 3 fully saturated rings. The largest absolute Gasteiger partial charge is 0.381 e. The van der Waals surface area contributed by atoms with Crippen LogP contribution in [0.25, 0.3) is 21.9 Å². The molecule has 0 radical (unpaired) electrons. The molecule has 0 unspecified atom stereocenters. The molecule has 1 N–H and O–H groups in total. The van der Waals surface area contributed by atoms with Gasteiger partial charge in [-0.15, -0.1) is 0 Å². The number of nitrogens with zero attached hydrogens (tertiary/aromatic N) is 5. The zero-order chi connectivity index (χ0) is 25.9. The van der Waals surface area contributed by atoms with Gasteiger partial charge >= 0.3 is 0 Å². The van der Waals surface area contributed by atoms with E-state index in [-0.39, 0.29) is 11.8 Å². The first kappa shape index (κ1) is 25.5. The number of aryl methyl sites for hydroxylation is 1. The second-order valence-corrected chi connectivity index (χ2v) is 11.2. The number of hydrogen-bond donors (Lipinski definition) is 1. The molecule has 8 nitrogen and oxygen atoms in total. The van der Waals surface area contributed by atoms with E-state index in [1.165, 1.54) is 30.5 Å². The third-order valence-electron chi connectivity index (χ3n) is 8.78. The number of ether oxygens (including phenoxy) is 1. The van der Waals surface area contributed by atoms with Gasteiger partial charge in [0.2, 0.25) is 5.91 Å². The van der Waals surface area contributed by atoms with Crippen molar-refractivity contribution in [1.82, 2.24) is 24.6 Å². The van der Waals surface area contributed by atoms with E-state index < -0.39 is 0 Å². The van der Waals surface area contributed by atoms with E-state index in [2.05, 4.69) is 43.4 Å². The standard InChI is InChI=1S/C30H40N6O2/c1-34-28(21-35-11-3-2-4-12-35)27(20-32-34)23-5-6-24-19-31-29(18-25(24)17-23)33-30(37)22-7-13-36(14-8-22)26-9-15-38-16-10-26/h5-6,17-20,22,26H,2-4,7-16,21H2,1H3,(H,31,33,37). The Morgan fingerprint density at radius 3 is 2.55 bits per heavy atom. The van der Waals surface area contributed by atoms with Crippen LogP contribution >= 0.6 is 0 Å². The lowest BCUT2D eigenvalue weighted by molar-refractivity contribution is -0.121. The molecular formula is C30H40N6O2. The Labute approximate surface area is 225 Å². The minimum atomic E-state index is 0.0441. The maximum absolute atomic E-state index is 13.1. The highest BCUT2D eigenvalue weighted by Gasteiger charge is 2.29. The van der Waals surface area contributed by atoms with Crippen molar-refractivity contribution in [2.75, 3.05) is 44.7 Å². The first-order chi connectivity index (χ1) is 18.6. The van der Waals surface area contributed by atoms with Gasteiger partial charge in [-0.05, 0) is 87.8 Å². The number of aromatic nitrogens is 3. The number of anilines is 1. The second-order valence-electron chi connectivity index (χ2n) is 11.2. The lowest BCUT2D eigenvalue weighted by Crippen LogP contribution is -2.45.